The van der Waals surface area contributed by atoms with Gasteiger partial charge in [-0.2, -0.15) is 18.2 Å². The van der Waals surface area contributed by atoms with Crippen molar-refractivity contribution in [2.75, 3.05) is 11.9 Å². The SMILES string of the molecule is CCCCCNc1nc(Cl)c(I)c(C(F)(F)F)n1. The molecule has 0 aromatic carbocycles. The Balaban J connectivity index is 2.85. The summed E-state index contributed by atoms with van der Waals surface area (Å²) in [5, 5.41) is 2.57. The van der Waals surface area contributed by atoms with E-state index >= 15 is 0 Å². The Morgan fingerprint density at radius 3 is 2.50 bits per heavy atom. The summed E-state index contributed by atoms with van der Waals surface area (Å²) in [4.78, 5) is 7.24. The molecule has 0 amide bonds. The molecule has 0 aliphatic carbocycles. The predicted molar refractivity (Wildman–Crippen MR) is 72.8 cm³/mol. The quantitative estimate of drug-likeness (QED) is 0.459. The molecule has 0 saturated heterocycles. The van der Waals surface area contributed by atoms with E-state index in [-0.39, 0.29) is 14.7 Å². The van der Waals surface area contributed by atoms with E-state index in [2.05, 4.69) is 15.3 Å². The minimum absolute atomic E-state index is 0.0798. The maximum absolute atomic E-state index is 12.7. The van der Waals surface area contributed by atoms with Crippen molar-refractivity contribution in [2.24, 2.45) is 0 Å². The van der Waals surface area contributed by atoms with Crippen molar-refractivity contribution >= 4 is 40.1 Å². The molecule has 18 heavy (non-hydrogen) atoms. The zero-order valence-electron chi connectivity index (χ0n) is 9.61. The second-order valence-electron chi connectivity index (χ2n) is 3.63. The zero-order valence-corrected chi connectivity index (χ0v) is 12.5. The van der Waals surface area contributed by atoms with Crippen molar-refractivity contribution in [1.29, 1.82) is 0 Å². The van der Waals surface area contributed by atoms with Gasteiger partial charge < -0.3 is 5.32 Å². The first kappa shape index (κ1) is 15.7. The number of unbranched alkanes of at least 4 members (excludes halogenated alkanes) is 2. The van der Waals surface area contributed by atoms with E-state index in [4.69, 9.17) is 11.6 Å². The number of hydrogen-bond acceptors (Lipinski definition) is 3. The Morgan fingerprint density at radius 1 is 1.28 bits per heavy atom. The first-order valence-corrected chi connectivity index (χ1v) is 6.86. The molecule has 1 aromatic rings. The van der Waals surface area contributed by atoms with E-state index in [1.165, 1.54) is 22.6 Å². The predicted octanol–water partition coefficient (Wildman–Crippen LogP) is 4.36. The molecule has 0 spiro atoms. The molecule has 1 N–H and O–H groups in total. The van der Waals surface area contributed by atoms with E-state index in [0.717, 1.165) is 19.3 Å². The van der Waals surface area contributed by atoms with Crippen molar-refractivity contribution in [3.63, 3.8) is 0 Å². The highest BCUT2D eigenvalue weighted by atomic mass is 127. The summed E-state index contributed by atoms with van der Waals surface area (Å²) in [6.07, 6.45) is -1.64. The van der Waals surface area contributed by atoms with Crippen molar-refractivity contribution in [3.05, 3.63) is 14.4 Å². The van der Waals surface area contributed by atoms with Gasteiger partial charge in [-0.3, -0.25) is 0 Å². The Hall–Kier alpha value is -0.310. The molecule has 3 nitrogen and oxygen atoms in total. The number of anilines is 1. The fourth-order valence-electron chi connectivity index (χ4n) is 1.26. The van der Waals surface area contributed by atoms with Gasteiger partial charge in [0.15, 0.2) is 5.69 Å². The highest BCUT2D eigenvalue weighted by Gasteiger charge is 2.36. The highest BCUT2D eigenvalue weighted by molar-refractivity contribution is 14.1. The molecule has 0 fully saturated rings. The maximum atomic E-state index is 12.7. The number of halogens is 5. The number of nitrogens with one attached hydrogen (secondary N) is 1. The molecular formula is C10H12ClF3IN3. The van der Waals surface area contributed by atoms with Gasteiger partial charge in [0, 0.05) is 6.54 Å². The molecule has 0 radical (unpaired) electrons. The molecule has 0 aliphatic heterocycles. The Kier molecular flexibility index (Phi) is 5.90. The van der Waals surface area contributed by atoms with Crippen LogP contribution in [0.15, 0.2) is 0 Å². The average molecular weight is 394 g/mol. The van der Waals surface area contributed by atoms with Crippen molar-refractivity contribution in [3.8, 4) is 0 Å². The van der Waals surface area contributed by atoms with E-state index < -0.39 is 11.9 Å². The van der Waals surface area contributed by atoms with Gasteiger partial charge in [0.2, 0.25) is 5.95 Å². The summed E-state index contributed by atoms with van der Waals surface area (Å²) >= 11 is 7.16. The van der Waals surface area contributed by atoms with Gasteiger partial charge >= 0.3 is 6.18 Å². The highest BCUT2D eigenvalue weighted by Crippen LogP contribution is 2.34. The van der Waals surface area contributed by atoms with Crippen LogP contribution in [0.1, 0.15) is 31.9 Å². The molecule has 1 aromatic heterocycles. The van der Waals surface area contributed by atoms with Crippen molar-refractivity contribution in [2.45, 2.75) is 32.4 Å². The second kappa shape index (κ2) is 6.74. The normalized spacial score (nSPS) is 11.7. The molecule has 1 heterocycles. The second-order valence-corrected chi connectivity index (χ2v) is 5.07. The number of nitrogens with zero attached hydrogens (tertiary/aromatic N) is 2. The number of aromatic nitrogens is 2. The molecule has 0 bridgehead atoms. The van der Waals surface area contributed by atoms with E-state index in [1.54, 1.807) is 0 Å². The lowest BCUT2D eigenvalue weighted by molar-refractivity contribution is -0.141. The maximum Gasteiger partial charge on any atom is 0.434 e. The lowest BCUT2D eigenvalue weighted by Crippen LogP contribution is -2.15. The van der Waals surface area contributed by atoms with Crippen LogP contribution in [0, 0.1) is 3.57 Å². The number of alkyl halides is 3. The third kappa shape index (κ3) is 4.42. The summed E-state index contributed by atoms with van der Waals surface area (Å²) in [6.45, 7) is 2.57. The minimum Gasteiger partial charge on any atom is -0.354 e. The summed E-state index contributed by atoms with van der Waals surface area (Å²) in [5.41, 5.74) is -0.999. The van der Waals surface area contributed by atoms with Crippen LogP contribution in [-0.4, -0.2) is 16.5 Å². The first-order valence-electron chi connectivity index (χ1n) is 5.40. The third-order valence-electron chi connectivity index (χ3n) is 2.14. The van der Waals surface area contributed by atoms with Gasteiger partial charge in [-0.05, 0) is 29.0 Å². The van der Waals surface area contributed by atoms with E-state index in [1.807, 2.05) is 6.92 Å². The monoisotopic (exact) mass is 393 g/mol. The standard InChI is InChI=1S/C10H12ClF3IN3/c1-2-3-4-5-16-9-17-7(10(12,13)14)6(15)8(11)18-9/h2-5H2,1H3,(H,16,17,18). The fourth-order valence-corrected chi connectivity index (χ4v) is 1.98. The topological polar surface area (TPSA) is 37.8 Å². The number of rotatable bonds is 5. The van der Waals surface area contributed by atoms with E-state index in [9.17, 15) is 13.2 Å². The van der Waals surface area contributed by atoms with Crippen LogP contribution < -0.4 is 5.32 Å². The average Bonchev–Trinajstić information content (AvgIpc) is 2.27. The van der Waals surface area contributed by atoms with Gasteiger partial charge in [0.1, 0.15) is 5.15 Å². The number of hydrogen-bond donors (Lipinski definition) is 1. The molecule has 1 rings (SSSR count). The lowest BCUT2D eigenvalue weighted by Gasteiger charge is -2.11. The Morgan fingerprint density at radius 2 is 1.94 bits per heavy atom. The van der Waals surface area contributed by atoms with Crippen LogP contribution in [0.4, 0.5) is 19.1 Å². The molecule has 0 aliphatic rings. The van der Waals surface area contributed by atoms with Gasteiger partial charge in [0.05, 0.1) is 3.57 Å². The summed E-state index contributed by atoms with van der Waals surface area (Å²) in [5.74, 6) is -0.0798. The van der Waals surface area contributed by atoms with Crippen LogP contribution in [0.5, 0.6) is 0 Å². The first-order chi connectivity index (χ1) is 8.36. The fraction of sp³-hybridized carbons (Fsp3) is 0.600. The molecule has 102 valence electrons. The van der Waals surface area contributed by atoms with Gasteiger partial charge in [-0.25, -0.2) is 4.98 Å². The third-order valence-corrected chi connectivity index (χ3v) is 3.76. The van der Waals surface area contributed by atoms with Crippen LogP contribution in [0.2, 0.25) is 5.15 Å². The largest absolute Gasteiger partial charge is 0.434 e. The molecular weight excluding hydrogens is 381 g/mol. The van der Waals surface area contributed by atoms with Crippen molar-refractivity contribution < 1.29 is 13.2 Å². The van der Waals surface area contributed by atoms with Gasteiger partial charge in [-0.1, -0.05) is 31.4 Å². The van der Waals surface area contributed by atoms with Crippen LogP contribution in [0.3, 0.4) is 0 Å². The summed E-state index contributed by atoms with van der Waals surface area (Å²) < 4.78 is 37.8. The van der Waals surface area contributed by atoms with Crippen LogP contribution >= 0.6 is 34.2 Å². The zero-order chi connectivity index (χ0) is 13.8. The molecule has 0 atom stereocenters. The van der Waals surface area contributed by atoms with Gasteiger partial charge in [-0.15, -0.1) is 0 Å². The lowest BCUT2D eigenvalue weighted by atomic mass is 10.2. The smallest absolute Gasteiger partial charge is 0.354 e. The Labute approximate surface area is 122 Å². The summed E-state index contributed by atoms with van der Waals surface area (Å²) in [7, 11) is 0. The van der Waals surface area contributed by atoms with E-state index in [0.29, 0.717) is 6.54 Å². The van der Waals surface area contributed by atoms with Crippen LogP contribution in [-0.2, 0) is 6.18 Å². The molecule has 0 unspecified atom stereocenters. The van der Waals surface area contributed by atoms with Gasteiger partial charge in [0.25, 0.3) is 0 Å². The molecule has 0 saturated carbocycles. The molecule has 8 heteroatoms. The van der Waals surface area contributed by atoms with Crippen molar-refractivity contribution in [1.82, 2.24) is 9.97 Å². The Bertz CT molecular complexity index is 412. The van der Waals surface area contributed by atoms with Crippen LogP contribution in [0.25, 0.3) is 0 Å². The minimum atomic E-state index is -4.52. The summed E-state index contributed by atoms with van der Waals surface area (Å²) in [6, 6.07) is 0.